The maximum atomic E-state index is 12.0. The second-order valence-electron chi connectivity index (χ2n) is 7.50. The molecule has 1 aromatic heterocycles. The topological polar surface area (TPSA) is 57.3 Å². The van der Waals surface area contributed by atoms with E-state index in [0.29, 0.717) is 12.5 Å². The van der Waals surface area contributed by atoms with Crippen LogP contribution in [0.3, 0.4) is 0 Å². The van der Waals surface area contributed by atoms with Crippen molar-refractivity contribution in [1.82, 2.24) is 20.5 Å². The van der Waals surface area contributed by atoms with Crippen LogP contribution in [0.5, 0.6) is 0 Å². The molecule has 128 valence electrons. The summed E-state index contributed by atoms with van der Waals surface area (Å²) < 4.78 is 0. The standard InChI is InChI=1S/C18H30N4O/c1-18(2,3)21-17(23)14-22-10-6-16(7-11-22)13-20-12-15-4-8-19-9-5-15/h4-5,8-9,16,20H,6-7,10-14H2,1-3H3,(H,21,23). The molecule has 2 heterocycles. The lowest BCUT2D eigenvalue weighted by atomic mass is 9.96. The Bertz CT molecular complexity index is 476. The van der Waals surface area contributed by atoms with Crippen molar-refractivity contribution in [3.05, 3.63) is 30.1 Å². The monoisotopic (exact) mass is 318 g/mol. The van der Waals surface area contributed by atoms with Crippen LogP contribution in [0.25, 0.3) is 0 Å². The molecule has 5 nitrogen and oxygen atoms in total. The zero-order valence-electron chi connectivity index (χ0n) is 14.6. The number of likely N-dealkylation sites (tertiary alicyclic amines) is 1. The third-order valence-corrected chi connectivity index (χ3v) is 4.10. The average molecular weight is 318 g/mol. The van der Waals surface area contributed by atoms with Gasteiger partial charge in [-0.3, -0.25) is 14.7 Å². The number of carbonyl (C=O) groups is 1. The minimum absolute atomic E-state index is 0.131. The first-order valence-electron chi connectivity index (χ1n) is 8.55. The van der Waals surface area contributed by atoms with E-state index >= 15 is 0 Å². The fourth-order valence-corrected chi connectivity index (χ4v) is 2.93. The molecule has 0 unspecified atom stereocenters. The largest absolute Gasteiger partial charge is 0.350 e. The van der Waals surface area contributed by atoms with Crippen LogP contribution < -0.4 is 10.6 Å². The van der Waals surface area contributed by atoms with Gasteiger partial charge in [-0.2, -0.15) is 0 Å². The van der Waals surface area contributed by atoms with E-state index in [2.05, 4.69) is 20.5 Å². The number of carbonyl (C=O) groups excluding carboxylic acids is 1. The molecule has 1 fully saturated rings. The van der Waals surface area contributed by atoms with E-state index in [0.717, 1.165) is 39.0 Å². The van der Waals surface area contributed by atoms with E-state index in [1.165, 1.54) is 5.56 Å². The van der Waals surface area contributed by atoms with E-state index in [4.69, 9.17) is 0 Å². The van der Waals surface area contributed by atoms with Gasteiger partial charge in [0, 0.05) is 24.5 Å². The highest BCUT2D eigenvalue weighted by molar-refractivity contribution is 5.78. The Labute approximate surface area is 139 Å². The summed E-state index contributed by atoms with van der Waals surface area (Å²) in [5.74, 6) is 0.838. The second-order valence-corrected chi connectivity index (χ2v) is 7.50. The number of nitrogens with one attached hydrogen (secondary N) is 2. The van der Waals surface area contributed by atoms with Gasteiger partial charge in [-0.25, -0.2) is 0 Å². The van der Waals surface area contributed by atoms with Crippen LogP contribution in [0.4, 0.5) is 0 Å². The van der Waals surface area contributed by atoms with Gasteiger partial charge >= 0.3 is 0 Å². The van der Waals surface area contributed by atoms with Crippen molar-refractivity contribution >= 4 is 5.91 Å². The summed E-state index contributed by atoms with van der Waals surface area (Å²) in [6.45, 7) is 10.6. The molecule has 1 aliphatic rings. The van der Waals surface area contributed by atoms with Gasteiger partial charge in [0.05, 0.1) is 6.54 Å². The maximum absolute atomic E-state index is 12.0. The second kappa shape index (κ2) is 8.41. The normalized spacial score (nSPS) is 17.2. The number of hydrogen-bond donors (Lipinski definition) is 2. The lowest BCUT2D eigenvalue weighted by Crippen LogP contribution is -2.48. The first-order valence-corrected chi connectivity index (χ1v) is 8.55. The lowest BCUT2D eigenvalue weighted by Gasteiger charge is -2.32. The number of piperidine rings is 1. The summed E-state index contributed by atoms with van der Waals surface area (Å²) in [7, 11) is 0. The Morgan fingerprint density at radius 3 is 2.52 bits per heavy atom. The van der Waals surface area contributed by atoms with Crippen molar-refractivity contribution in [3.63, 3.8) is 0 Å². The van der Waals surface area contributed by atoms with Gasteiger partial charge in [0.1, 0.15) is 0 Å². The number of rotatable bonds is 6. The Kier molecular flexibility index (Phi) is 6.54. The van der Waals surface area contributed by atoms with Gasteiger partial charge in [-0.05, 0) is 76.9 Å². The van der Waals surface area contributed by atoms with E-state index in [-0.39, 0.29) is 11.4 Å². The molecule has 2 N–H and O–H groups in total. The van der Waals surface area contributed by atoms with Crippen LogP contribution in [-0.4, -0.2) is 47.5 Å². The van der Waals surface area contributed by atoms with Crippen LogP contribution in [0.15, 0.2) is 24.5 Å². The summed E-state index contributed by atoms with van der Waals surface area (Å²) in [5.41, 5.74) is 1.13. The third kappa shape index (κ3) is 7.10. The Morgan fingerprint density at radius 2 is 1.91 bits per heavy atom. The van der Waals surface area contributed by atoms with Crippen LogP contribution in [0.2, 0.25) is 0 Å². The summed E-state index contributed by atoms with van der Waals surface area (Å²) in [6, 6.07) is 4.09. The Morgan fingerprint density at radius 1 is 1.26 bits per heavy atom. The fraction of sp³-hybridized carbons (Fsp3) is 0.667. The van der Waals surface area contributed by atoms with Crippen molar-refractivity contribution in [1.29, 1.82) is 0 Å². The molecule has 1 saturated heterocycles. The van der Waals surface area contributed by atoms with Crippen molar-refractivity contribution in [2.45, 2.75) is 45.7 Å². The number of pyridine rings is 1. The molecule has 23 heavy (non-hydrogen) atoms. The molecule has 0 radical (unpaired) electrons. The van der Waals surface area contributed by atoms with E-state index < -0.39 is 0 Å². The van der Waals surface area contributed by atoms with E-state index in [9.17, 15) is 4.79 Å². The van der Waals surface area contributed by atoms with Gasteiger partial charge in [0.2, 0.25) is 5.91 Å². The minimum Gasteiger partial charge on any atom is -0.350 e. The first-order chi connectivity index (χ1) is 10.9. The summed E-state index contributed by atoms with van der Waals surface area (Å²) in [4.78, 5) is 18.3. The quantitative estimate of drug-likeness (QED) is 0.840. The third-order valence-electron chi connectivity index (χ3n) is 4.10. The molecule has 2 rings (SSSR count). The number of nitrogens with zero attached hydrogens (tertiary/aromatic N) is 2. The fourth-order valence-electron chi connectivity index (χ4n) is 2.93. The summed E-state index contributed by atoms with van der Waals surface area (Å²) in [6.07, 6.45) is 5.98. The van der Waals surface area contributed by atoms with Crippen molar-refractivity contribution in [2.75, 3.05) is 26.2 Å². The number of hydrogen-bond acceptors (Lipinski definition) is 4. The van der Waals surface area contributed by atoms with Crippen LogP contribution in [0, 0.1) is 5.92 Å². The van der Waals surface area contributed by atoms with Crippen LogP contribution in [-0.2, 0) is 11.3 Å². The van der Waals surface area contributed by atoms with Gasteiger partial charge in [-0.1, -0.05) is 0 Å². The number of amides is 1. The summed E-state index contributed by atoms with van der Waals surface area (Å²) >= 11 is 0. The molecule has 0 aromatic carbocycles. The van der Waals surface area contributed by atoms with Crippen molar-refractivity contribution < 1.29 is 4.79 Å². The van der Waals surface area contributed by atoms with Gasteiger partial charge < -0.3 is 10.6 Å². The van der Waals surface area contributed by atoms with Crippen LogP contribution >= 0.6 is 0 Å². The zero-order valence-corrected chi connectivity index (χ0v) is 14.6. The first kappa shape index (κ1) is 17.9. The Hall–Kier alpha value is -1.46. The molecule has 5 heteroatoms. The molecule has 0 spiro atoms. The van der Waals surface area contributed by atoms with E-state index in [1.54, 1.807) is 0 Å². The van der Waals surface area contributed by atoms with Gasteiger partial charge in [-0.15, -0.1) is 0 Å². The minimum atomic E-state index is -0.147. The molecule has 0 aliphatic carbocycles. The highest BCUT2D eigenvalue weighted by atomic mass is 16.2. The molecule has 1 aromatic rings. The molecule has 0 atom stereocenters. The predicted molar refractivity (Wildman–Crippen MR) is 93.0 cm³/mol. The smallest absolute Gasteiger partial charge is 0.234 e. The predicted octanol–water partition coefficient (Wildman–Crippen LogP) is 1.80. The van der Waals surface area contributed by atoms with Crippen LogP contribution in [0.1, 0.15) is 39.2 Å². The van der Waals surface area contributed by atoms with E-state index in [1.807, 2.05) is 45.3 Å². The number of aromatic nitrogens is 1. The average Bonchev–Trinajstić information content (AvgIpc) is 2.48. The molecule has 0 saturated carbocycles. The lowest BCUT2D eigenvalue weighted by molar-refractivity contribution is -0.124. The molecule has 1 aliphatic heterocycles. The van der Waals surface area contributed by atoms with Crippen molar-refractivity contribution in [3.8, 4) is 0 Å². The molecule has 0 bridgehead atoms. The molecular formula is C18H30N4O. The highest BCUT2D eigenvalue weighted by Gasteiger charge is 2.22. The molecule has 1 amide bonds. The van der Waals surface area contributed by atoms with Gasteiger partial charge in [0.15, 0.2) is 0 Å². The highest BCUT2D eigenvalue weighted by Crippen LogP contribution is 2.16. The van der Waals surface area contributed by atoms with Crippen molar-refractivity contribution in [2.24, 2.45) is 5.92 Å². The maximum Gasteiger partial charge on any atom is 0.234 e. The SMILES string of the molecule is CC(C)(C)NC(=O)CN1CCC(CNCc2ccncc2)CC1. The Balaban J connectivity index is 1.61. The van der Waals surface area contributed by atoms with Gasteiger partial charge in [0.25, 0.3) is 0 Å². The summed E-state index contributed by atoms with van der Waals surface area (Å²) in [5, 5.41) is 6.56. The molecular weight excluding hydrogens is 288 g/mol. The zero-order chi connectivity index (χ0) is 16.7.